The molecule has 0 aliphatic carbocycles. The lowest BCUT2D eigenvalue weighted by Crippen LogP contribution is -2.39. The molecule has 1 heterocycles. The number of rotatable bonds is 6. The fraction of sp³-hybridized carbons (Fsp3) is 0.105. The highest BCUT2D eigenvalue weighted by atomic mass is 32.1. The Morgan fingerprint density at radius 3 is 2.25 bits per heavy atom. The van der Waals surface area contributed by atoms with Crippen LogP contribution in [0.1, 0.15) is 5.56 Å². The van der Waals surface area contributed by atoms with Gasteiger partial charge in [-0.15, -0.1) is 11.3 Å². The molecular weight excluding hydrogens is 386 g/mol. The normalized spacial score (nSPS) is 10.4. The summed E-state index contributed by atoms with van der Waals surface area (Å²) in [6.07, 6.45) is 0. The number of hydrogen-bond acceptors (Lipinski definition) is 4. The molecule has 0 saturated carbocycles. The van der Waals surface area contributed by atoms with Gasteiger partial charge < -0.3 is 16.0 Å². The monoisotopic (exact) mass is 402 g/mol. The molecule has 144 valence electrons. The predicted octanol–water partition coefficient (Wildman–Crippen LogP) is 3.53. The van der Waals surface area contributed by atoms with E-state index in [1.807, 2.05) is 0 Å². The van der Waals surface area contributed by atoms with E-state index in [9.17, 15) is 18.4 Å². The van der Waals surface area contributed by atoms with Crippen LogP contribution in [-0.2, 0) is 11.3 Å². The second kappa shape index (κ2) is 9.05. The maximum Gasteiger partial charge on any atom is 0.315 e. The van der Waals surface area contributed by atoms with Crippen molar-refractivity contribution >= 4 is 28.4 Å². The molecule has 6 nitrogen and oxygen atoms in total. The van der Waals surface area contributed by atoms with E-state index in [0.717, 1.165) is 11.1 Å². The molecule has 3 aromatic rings. The first kappa shape index (κ1) is 19.4. The molecule has 2 aromatic carbocycles. The molecule has 0 aliphatic rings. The highest BCUT2D eigenvalue weighted by molar-refractivity contribution is 7.14. The topological polar surface area (TPSA) is 83.1 Å². The predicted molar refractivity (Wildman–Crippen MR) is 103 cm³/mol. The van der Waals surface area contributed by atoms with Gasteiger partial charge in [-0.3, -0.25) is 4.79 Å². The molecule has 0 aliphatic heterocycles. The smallest absolute Gasteiger partial charge is 0.315 e. The summed E-state index contributed by atoms with van der Waals surface area (Å²) < 4.78 is 25.8. The van der Waals surface area contributed by atoms with Gasteiger partial charge >= 0.3 is 6.03 Å². The van der Waals surface area contributed by atoms with Crippen molar-refractivity contribution in [3.8, 4) is 11.3 Å². The molecule has 0 bridgehead atoms. The molecule has 0 unspecified atom stereocenters. The standard InChI is InChI=1S/C19H16F2N4O2S/c20-14-5-1-12(2-6-14)9-22-18(27)23-10-17(26)25-19-24-16(11-28-19)13-3-7-15(21)8-4-13/h1-8,11H,9-10H2,(H2,22,23,27)(H,24,25,26). The molecule has 1 aromatic heterocycles. The third-order valence-electron chi connectivity index (χ3n) is 3.67. The van der Waals surface area contributed by atoms with Gasteiger partial charge in [-0.2, -0.15) is 0 Å². The van der Waals surface area contributed by atoms with Crippen molar-refractivity contribution in [3.05, 3.63) is 71.1 Å². The van der Waals surface area contributed by atoms with Crippen LogP contribution in [0.4, 0.5) is 18.7 Å². The maximum absolute atomic E-state index is 13.0. The van der Waals surface area contributed by atoms with Crippen LogP contribution in [0.2, 0.25) is 0 Å². The van der Waals surface area contributed by atoms with Crippen molar-refractivity contribution in [3.63, 3.8) is 0 Å². The van der Waals surface area contributed by atoms with Gasteiger partial charge in [0.2, 0.25) is 5.91 Å². The van der Waals surface area contributed by atoms with Crippen LogP contribution in [0, 0.1) is 11.6 Å². The molecule has 0 saturated heterocycles. The number of carbonyl (C=O) groups is 2. The lowest BCUT2D eigenvalue weighted by atomic mass is 10.2. The highest BCUT2D eigenvalue weighted by Crippen LogP contribution is 2.24. The van der Waals surface area contributed by atoms with E-state index in [1.54, 1.807) is 29.6 Å². The second-order valence-corrected chi connectivity index (χ2v) is 6.61. The van der Waals surface area contributed by atoms with Crippen molar-refractivity contribution < 1.29 is 18.4 Å². The van der Waals surface area contributed by atoms with Gasteiger partial charge in [0.1, 0.15) is 11.6 Å². The summed E-state index contributed by atoms with van der Waals surface area (Å²) in [6, 6.07) is 11.1. The van der Waals surface area contributed by atoms with Gasteiger partial charge in [-0.25, -0.2) is 18.6 Å². The lowest BCUT2D eigenvalue weighted by Gasteiger charge is -2.07. The Hall–Kier alpha value is -3.33. The van der Waals surface area contributed by atoms with Crippen molar-refractivity contribution in [2.24, 2.45) is 0 Å². The number of benzene rings is 2. The molecule has 0 spiro atoms. The van der Waals surface area contributed by atoms with Crippen molar-refractivity contribution in [1.29, 1.82) is 0 Å². The molecule has 3 N–H and O–H groups in total. The molecule has 9 heteroatoms. The maximum atomic E-state index is 13.0. The van der Waals surface area contributed by atoms with E-state index < -0.39 is 11.9 Å². The Bertz CT molecular complexity index is 959. The van der Waals surface area contributed by atoms with Gasteiger partial charge in [0.05, 0.1) is 12.2 Å². The van der Waals surface area contributed by atoms with Crippen LogP contribution < -0.4 is 16.0 Å². The number of carbonyl (C=O) groups excluding carboxylic acids is 2. The van der Waals surface area contributed by atoms with Crippen LogP contribution in [0.3, 0.4) is 0 Å². The number of urea groups is 1. The summed E-state index contributed by atoms with van der Waals surface area (Å²) in [5, 5.41) is 9.70. The van der Waals surface area contributed by atoms with E-state index >= 15 is 0 Å². The fourth-order valence-corrected chi connectivity index (χ4v) is 2.99. The van der Waals surface area contributed by atoms with Crippen LogP contribution in [-0.4, -0.2) is 23.5 Å². The summed E-state index contributed by atoms with van der Waals surface area (Å²) in [7, 11) is 0. The molecule has 0 fully saturated rings. The van der Waals surface area contributed by atoms with Crippen LogP contribution >= 0.6 is 11.3 Å². The molecule has 0 radical (unpaired) electrons. The number of aromatic nitrogens is 1. The largest absolute Gasteiger partial charge is 0.334 e. The summed E-state index contributed by atoms with van der Waals surface area (Å²) >= 11 is 1.22. The number of hydrogen-bond donors (Lipinski definition) is 3. The Kier molecular flexibility index (Phi) is 6.28. The SMILES string of the molecule is O=C(CNC(=O)NCc1ccc(F)cc1)Nc1nc(-c2ccc(F)cc2)cs1. The number of halogens is 2. The molecule has 3 rings (SSSR count). The van der Waals surface area contributed by atoms with Crippen LogP contribution in [0.5, 0.6) is 0 Å². The quantitative estimate of drug-likeness (QED) is 0.590. The number of nitrogens with zero attached hydrogens (tertiary/aromatic N) is 1. The van der Waals surface area contributed by atoms with E-state index in [2.05, 4.69) is 20.9 Å². The molecule has 3 amide bonds. The molecule has 28 heavy (non-hydrogen) atoms. The molecular formula is C19H16F2N4O2S. The number of thiazole rings is 1. The summed E-state index contributed by atoms with van der Waals surface area (Å²) in [4.78, 5) is 27.9. The van der Waals surface area contributed by atoms with Gasteiger partial charge in [-0.05, 0) is 42.0 Å². The van der Waals surface area contributed by atoms with Gasteiger partial charge in [0, 0.05) is 17.5 Å². The second-order valence-electron chi connectivity index (χ2n) is 5.76. The minimum Gasteiger partial charge on any atom is -0.334 e. The third-order valence-corrected chi connectivity index (χ3v) is 4.42. The zero-order chi connectivity index (χ0) is 19.9. The summed E-state index contributed by atoms with van der Waals surface area (Å²) in [5.74, 6) is -1.12. The first-order valence-corrected chi connectivity index (χ1v) is 9.15. The van der Waals surface area contributed by atoms with Crippen molar-refractivity contribution in [1.82, 2.24) is 15.6 Å². The first-order chi connectivity index (χ1) is 13.5. The zero-order valence-corrected chi connectivity index (χ0v) is 15.4. The van der Waals surface area contributed by atoms with E-state index in [1.165, 1.54) is 35.6 Å². The number of nitrogens with one attached hydrogen (secondary N) is 3. The van der Waals surface area contributed by atoms with Crippen LogP contribution in [0.15, 0.2) is 53.9 Å². The average molecular weight is 402 g/mol. The third kappa shape index (κ3) is 5.58. The average Bonchev–Trinajstić information content (AvgIpc) is 3.15. The first-order valence-electron chi connectivity index (χ1n) is 8.27. The minimum absolute atomic E-state index is 0.210. The molecule has 0 atom stereocenters. The van der Waals surface area contributed by atoms with Gasteiger partial charge in [-0.1, -0.05) is 12.1 Å². The summed E-state index contributed by atoms with van der Waals surface area (Å²) in [5.41, 5.74) is 2.08. The van der Waals surface area contributed by atoms with Crippen LogP contribution in [0.25, 0.3) is 11.3 Å². The van der Waals surface area contributed by atoms with Crippen molar-refractivity contribution in [2.75, 3.05) is 11.9 Å². The number of amides is 3. The van der Waals surface area contributed by atoms with E-state index in [0.29, 0.717) is 10.8 Å². The lowest BCUT2D eigenvalue weighted by molar-refractivity contribution is -0.115. The van der Waals surface area contributed by atoms with Gasteiger partial charge in [0.25, 0.3) is 0 Å². The Balaban J connectivity index is 1.43. The van der Waals surface area contributed by atoms with E-state index in [-0.39, 0.29) is 24.7 Å². The Morgan fingerprint density at radius 2 is 1.57 bits per heavy atom. The highest BCUT2D eigenvalue weighted by Gasteiger charge is 2.09. The fourth-order valence-electron chi connectivity index (χ4n) is 2.26. The minimum atomic E-state index is -0.523. The van der Waals surface area contributed by atoms with Crippen molar-refractivity contribution in [2.45, 2.75) is 6.54 Å². The zero-order valence-electron chi connectivity index (χ0n) is 14.5. The van der Waals surface area contributed by atoms with E-state index in [4.69, 9.17) is 0 Å². The Morgan fingerprint density at radius 1 is 0.929 bits per heavy atom. The Labute approximate surface area is 163 Å². The van der Waals surface area contributed by atoms with Gasteiger partial charge in [0.15, 0.2) is 5.13 Å². The number of anilines is 1. The summed E-state index contributed by atoms with van der Waals surface area (Å²) in [6.45, 7) is -0.0258.